The molecular formula is C20H23ClN2O3. The fourth-order valence-corrected chi connectivity index (χ4v) is 2.57. The van der Waals surface area contributed by atoms with Crippen LogP contribution in [-0.2, 0) is 16.1 Å². The number of para-hydroxylation sites is 1. The first-order chi connectivity index (χ1) is 12.5. The van der Waals surface area contributed by atoms with Gasteiger partial charge >= 0.3 is 0 Å². The predicted molar refractivity (Wildman–Crippen MR) is 102 cm³/mol. The minimum absolute atomic E-state index is 0.0602. The van der Waals surface area contributed by atoms with Crippen molar-refractivity contribution in [3.63, 3.8) is 0 Å². The van der Waals surface area contributed by atoms with E-state index in [4.69, 9.17) is 16.3 Å². The van der Waals surface area contributed by atoms with E-state index >= 15 is 0 Å². The van der Waals surface area contributed by atoms with Crippen LogP contribution in [-0.4, -0.2) is 24.5 Å². The lowest BCUT2D eigenvalue weighted by atomic mass is 10.0. The van der Waals surface area contributed by atoms with E-state index in [-0.39, 0.29) is 24.3 Å². The second-order valence-electron chi connectivity index (χ2n) is 6.24. The van der Waals surface area contributed by atoms with E-state index in [0.717, 1.165) is 5.56 Å². The van der Waals surface area contributed by atoms with Gasteiger partial charge in [-0.1, -0.05) is 55.8 Å². The first kappa shape index (κ1) is 19.8. The molecule has 0 aromatic heterocycles. The van der Waals surface area contributed by atoms with Crippen molar-refractivity contribution in [3.8, 4) is 5.75 Å². The highest BCUT2D eigenvalue weighted by molar-refractivity contribution is 6.30. The summed E-state index contributed by atoms with van der Waals surface area (Å²) < 4.78 is 5.41. The maximum absolute atomic E-state index is 12.5. The number of rotatable bonds is 8. The van der Waals surface area contributed by atoms with Crippen LogP contribution in [0.15, 0.2) is 54.6 Å². The molecule has 2 amide bonds. The molecule has 0 radical (unpaired) electrons. The van der Waals surface area contributed by atoms with Gasteiger partial charge < -0.3 is 15.4 Å². The number of carbonyl (C=O) groups excluding carboxylic acids is 2. The Labute approximate surface area is 158 Å². The van der Waals surface area contributed by atoms with Crippen molar-refractivity contribution < 1.29 is 14.3 Å². The van der Waals surface area contributed by atoms with E-state index in [1.165, 1.54) is 0 Å². The summed E-state index contributed by atoms with van der Waals surface area (Å²) in [7, 11) is 0. The molecule has 26 heavy (non-hydrogen) atoms. The number of nitrogens with one attached hydrogen (secondary N) is 2. The molecule has 0 heterocycles. The maximum atomic E-state index is 12.5. The molecule has 0 aliphatic rings. The number of amides is 2. The van der Waals surface area contributed by atoms with E-state index < -0.39 is 6.04 Å². The van der Waals surface area contributed by atoms with Gasteiger partial charge in [0.1, 0.15) is 11.8 Å². The zero-order valence-electron chi connectivity index (χ0n) is 14.9. The fraction of sp³-hybridized carbons (Fsp3) is 0.300. The standard InChI is InChI=1S/C20H23ClN2O3/c1-14(2)19(20(25)22-12-15-7-6-8-16(21)11-15)23-18(24)13-26-17-9-4-3-5-10-17/h3-11,14,19H,12-13H2,1-2H3,(H,22,25)(H,23,24)/t19-/m0/s1. The van der Waals surface area contributed by atoms with E-state index in [1.807, 2.05) is 44.2 Å². The van der Waals surface area contributed by atoms with Gasteiger partial charge in [-0.25, -0.2) is 0 Å². The molecule has 0 aliphatic heterocycles. The summed E-state index contributed by atoms with van der Waals surface area (Å²) in [5.41, 5.74) is 0.895. The summed E-state index contributed by atoms with van der Waals surface area (Å²) in [5.74, 6) is -0.0392. The largest absolute Gasteiger partial charge is 0.484 e. The van der Waals surface area contributed by atoms with Crippen LogP contribution in [0, 0.1) is 5.92 Å². The van der Waals surface area contributed by atoms with Gasteiger partial charge in [0, 0.05) is 11.6 Å². The number of benzene rings is 2. The molecule has 6 heteroatoms. The number of carbonyl (C=O) groups is 2. The van der Waals surface area contributed by atoms with E-state index in [0.29, 0.717) is 17.3 Å². The minimum atomic E-state index is -0.638. The van der Waals surface area contributed by atoms with Crippen LogP contribution in [0.5, 0.6) is 5.75 Å². The molecule has 2 rings (SSSR count). The normalized spacial score (nSPS) is 11.7. The van der Waals surface area contributed by atoms with Gasteiger partial charge in [-0.3, -0.25) is 9.59 Å². The van der Waals surface area contributed by atoms with Gasteiger partial charge in [0.15, 0.2) is 6.61 Å². The van der Waals surface area contributed by atoms with Crippen molar-refractivity contribution >= 4 is 23.4 Å². The highest BCUT2D eigenvalue weighted by Crippen LogP contribution is 2.11. The second-order valence-corrected chi connectivity index (χ2v) is 6.68. The average molecular weight is 375 g/mol. The van der Waals surface area contributed by atoms with Crippen LogP contribution in [0.4, 0.5) is 0 Å². The first-order valence-corrected chi connectivity index (χ1v) is 8.83. The van der Waals surface area contributed by atoms with Gasteiger partial charge in [0.05, 0.1) is 0 Å². The summed E-state index contributed by atoms with van der Waals surface area (Å²) in [6.45, 7) is 3.96. The molecule has 5 nitrogen and oxygen atoms in total. The molecule has 0 spiro atoms. The van der Waals surface area contributed by atoms with Gasteiger partial charge in [-0.2, -0.15) is 0 Å². The van der Waals surface area contributed by atoms with Crippen molar-refractivity contribution in [3.05, 3.63) is 65.2 Å². The lowest BCUT2D eigenvalue weighted by molar-refractivity contribution is -0.131. The Bertz CT molecular complexity index is 735. The smallest absolute Gasteiger partial charge is 0.258 e. The topological polar surface area (TPSA) is 67.4 Å². The predicted octanol–water partition coefficient (Wildman–Crippen LogP) is 3.18. The Balaban J connectivity index is 1.86. The molecule has 0 bridgehead atoms. The average Bonchev–Trinajstić information content (AvgIpc) is 2.63. The molecular weight excluding hydrogens is 352 g/mol. The van der Waals surface area contributed by atoms with E-state index in [1.54, 1.807) is 24.3 Å². The van der Waals surface area contributed by atoms with E-state index in [9.17, 15) is 9.59 Å². The van der Waals surface area contributed by atoms with Crippen molar-refractivity contribution in [2.45, 2.75) is 26.4 Å². The Hall–Kier alpha value is -2.53. The molecule has 138 valence electrons. The van der Waals surface area contributed by atoms with Gasteiger partial charge in [0.2, 0.25) is 5.91 Å². The minimum Gasteiger partial charge on any atom is -0.484 e. The van der Waals surface area contributed by atoms with Crippen LogP contribution in [0.3, 0.4) is 0 Å². The summed E-state index contributed by atoms with van der Waals surface area (Å²) >= 11 is 5.94. The molecule has 1 atom stereocenters. The molecule has 0 saturated carbocycles. The van der Waals surface area contributed by atoms with Crippen LogP contribution in [0.2, 0.25) is 5.02 Å². The summed E-state index contributed by atoms with van der Waals surface area (Å²) in [5, 5.41) is 6.18. The summed E-state index contributed by atoms with van der Waals surface area (Å²) in [6.07, 6.45) is 0. The lowest BCUT2D eigenvalue weighted by Gasteiger charge is -2.22. The van der Waals surface area contributed by atoms with Gasteiger partial charge in [0.25, 0.3) is 5.91 Å². The van der Waals surface area contributed by atoms with Gasteiger partial charge in [-0.15, -0.1) is 0 Å². The van der Waals surface area contributed by atoms with Crippen LogP contribution in [0.25, 0.3) is 0 Å². The third-order valence-corrected chi connectivity index (χ3v) is 3.97. The molecule has 0 aliphatic carbocycles. The zero-order valence-corrected chi connectivity index (χ0v) is 15.6. The van der Waals surface area contributed by atoms with Crippen molar-refractivity contribution in [1.82, 2.24) is 10.6 Å². The maximum Gasteiger partial charge on any atom is 0.258 e. The molecule has 2 N–H and O–H groups in total. The molecule has 0 saturated heterocycles. The van der Waals surface area contributed by atoms with Crippen LogP contribution in [0.1, 0.15) is 19.4 Å². The molecule has 0 unspecified atom stereocenters. The molecule has 0 fully saturated rings. The summed E-state index contributed by atoms with van der Waals surface area (Å²) in [4.78, 5) is 24.6. The quantitative estimate of drug-likeness (QED) is 0.745. The third kappa shape index (κ3) is 6.41. The fourth-order valence-electron chi connectivity index (χ4n) is 2.36. The molecule has 2 aromatic carbocycles. The SMILES string of the molecule is CC(C)[C@H](NC(=O)COc1ccccc1)C(=O)NCc1cccc(Cl)c1. The number of halogens is 1. The van der Waals surface area contributed by atoms with Crippen molar-refractivity contribution in [2.75, 3.05) is 6.61 Å². The lowest BCUT2D eigenvalue weighted by Crippen LogP contribution is -2.50. The number of ether oxygens (including phenoxy) is 1. The highest BCUT2D eigenvalue weighted by Gasteiger charge is 2.24. The Morgan fingerprint density at radius 1 is 1.08 bits per heavy atom. The molecule has 2 aromatic rings. The monoisotopic (exact) mass is 374 g/mol. The van der Waals surface area contributed by atoms with Crippen LogP contribution >= 0.6 is 11.6 Å². The summed E-state index contributed by atoms with van der Waals surface area (Å²) in [6, 6.07) is 15.7. The third-order valence-electron chi connectivity index (χ3n) is 3.73. The number of hydrogen-bond donors (Lipinski definition) is 2. The Kier molecular flexibility index (Phi) is 7.48. The van der Waals surface area contributed by atoms with Crippen molar-refractivity contribution in [1.29, 1.82) is 0 Å². The highest BCUT2D eigenvalue weighted by atomic mass is 35.5. The Morgan fingerprint density at radius 2 is 1.81 bits per heavy atom. The van der Waals surface area contributed by atoms with Crippen molar-refractivity contribution in [2.24, 2.45) is 5.92 Å². The van der Waals surface area contributed by atoms with Gasteiger partial charge in [-0.05, 0) is 35.7 Å². The zero-order chi connectivity index (χ0) is 18.9. The first-order valence-electron chi connectivity index (χ1n) is 8.45. The number of hydrogen-bond acceptors (Lipinski definition) is 3. The van der Waals surface area contributed by atoms with Crippen LogP contribution < -0.4 is 15.4 Å². The van der Waals surface area contributed by atoms with E-state index in [2.05, 4.69) is 10.6 Å². The second kappa shape index (κ2) is 9.82. The Morgan fingerprint density at radius 3 is 2.46 bits per heavy atom.